The molecule has 550 valence electrons. The molecule has 0 saturated carbocycles. The van der Waals surface area contributed by atoms with Crippen molar-refractivity contribution in [2.45, 2.75) is 89.9 Å². The van der Waals surface area contributed by atoms with Crippen LogP contribution in [0.3, 0.4) is 0 Å². The maximum atomic E-state index is 9.75. The Balaban J connectivity index is 0.000000625. The molecule has 23 heteroatoms. The van der Waals surface area contributed by atoms with Crippen molar-refractivity contribution in [1.29, 1.82) is 0 Å². The summed E-state index contributed by atoms with van der Waals surface area (Å²) < 4.78 is 73.6. The third-order valence-electron chi connectivity index (χ3n) is 15.0. The number of nitrogens with one attached hydrogen (secondary N) is 2. The largest absolute Gasteiger partial charge is 2.00 e. The standard InChI is InChI=1S/2C25H23P2.7C4H8O.BF4.Li.2H3N2.2Pt/c2*1-5-13-22(14-6-1)26(23-15-7-2-8-16-23)21-27(24-17-9-3-10-18-24)25-19-11-4-12-20-25;7*1-2-4-5-3-1;2-1(3,4)5;;2*1-2;;/h2*1-21,26-27H;7*1-4H2;;;2*1H,2H2;;/q2*+1;;;;;;;;-1;+1;2*-1;2*+2. The SMILES string of the molecule is C1CCOC1.C1CCOC1.C1CCOC1.C1CCOC1.C1CCOC1.C1CCOC1.C1CCOC1.F[B-](F)(F)F.[Li+].[NH-]N.[NH-]N.[Pt+2].[Pt+2].c1ccc([PH+]([CH-][PH+](c2ccccc2)c2ccccc2)c2ccccc2)cc1.c1ccc([PH+]([CH-][PH+](c2ccccc2)c2ccccc2)c2ccccc2)cc1. The zero-order chi connectivity index (χ0) is 69.9. The Bertz CT molecular complexity index is 2380. The summed E-state index contributed by atoms with van der Waals surface area (Å²) in [6, 6.07) is 88.0. The summed E-state index contributed by atoms with van der Waals surface area (Å²) in [5, 5.41) is 11.6. The molecule has 15 rings (SSSR count). The van der Waals surface area contributed by atoms with E-state index in [1.807, 2.05) is 0 Å². The quantitative estimate of drug-likeness (QED) is 0.0302. The topological polar surface area (TPSA) is 164 Å². The number of hydrogen-bond donors (Lipinski definition) is 2. The van der Waals surface area contributed by atoms with Crippen LogP contribution in [-0.4, -0.2) is 99.8 Å². The van der Waals surface area contributed by atoms with E-state index >= 15 is 0 Å². The Morgan fingerprint density at radius 2 is 0.317 bits per heavy atom. The molecule has 0 aromatic heterocycles. The second-order valence-corrected chi connectivity index (χ2v) is 32.8. The molecule has 7 heterocycles. The number of hydrogen-bond acceptors (Lipinski definition) is 9. The molecule has 7 saturated heterocycles. The second-order valence-electron chi connectivity index (χ2n) is 22.6. The minimum atomic E-state index is -6.00. The van der Waals surface area contributed by atoms with Crippen molar-refractivity contribution in [1.82, 2.24) is 0 Å². The van der Waals surface area contributed by atoms with Crippen molar-refractivity contribution in [2.24, 2.45) is 11.7 Å². The number of halogens is 4. The molecule has 7 aliphatic rings. The van der Waals surface area contributed by atoms with Crippen LogP contribution in [0.2, 0.25) is 0 Å². The van der Waals surface area contributed by atoms with Crippen LogP contribution in [0.15, 0.2) is 243 Å². The first kappa shape index (κ1) is 95.8. The average molecular weight is 1820 g/mol. The fourth-order valence-electron chi connectivity index (χ4n) is 10.1. The van der Waals surface area contributed by atoms with Gasteiger partial charge in [0.05, 0.1) is 42.4 Å². The smallest absolute Gasteiger partial charge is 0.615 e. The van der Waals surface area contributed by atoms with Crippen LogP contribution in [0.5, 0.6) is 0 Å². The van der Waals surface area contributed by atoms with E-state index in [0.717, 1.165) is 92.5 Å². The van der Waals surface area contributed by atoms with E-state index in [4.69, 9.17) is 44.8 Å². The van der Waals surface area contributed by atoms with E-state index in [1.54, 1.807) is 0 Å². The van der Waals surface area contributed by atoms with Gasteiger partial charge in [-0.25, -0.2) is 0 Å². The van der Waals surface area contributed by atoms with Crippen LogP contribution in [0.1, 0.15) is 89.9 Å². The second kappa shape index (κ2) is 66.2. The number of rotatable bonds is 12. The molecule has 0 unspecified atom stereocenters. The number of ether oxygens (including phenoxy) is 7. The Morgan fingerprint density at radius 3 is 0.386 bits per heavy atom. The maximum Gasteiger partial charge on any atom is 2.00 e. The van der Waals surface area contributed by atoms with Crippen molar-refractivity contribution in [3.8, 4) is 0 Å². The van der Waals surface area contributed by atoms with Gasteiger partial charge in [-0.1, -0.05) is 146 Å². The average Bonchev–Trinajstić information content (AvgIpc) is 1.34. The molecule has 0 spiro atoms. The summed E-state index contributed by atoms with van der Waals surface area (Å²) in [5.74, 6) is 23.4. The first-order valence-corrected chi connectivity index (χ1v) is 40.7. The van der Waals surface area contributed by atoms with Crippen molar-refractivity contribution < 1.29 is 111 Å². The Kier molecular flexibility index (Phi) is 62.8. The van der Waals surface area contributed by atoms with Crippen LogP contribution < -0.4 is 73.0 Å². The normalized spacial score (nSPS) is 14.9. The molecular formula is C78H108BF4LiN4O7P4Pt2+4. The van der Waals surface area contributed by atoms with E-state index in [1.165, 1.54) is 132 Å². The van der Waals surface area contributed by atoms with Crippen LogP contribution in [0, 0.1) is 11.8 Å². The van der Waals surface area contributed by atoms with E-state index in [0.29, 0.717) is 0 Å². The van der Waals surface area contributed by atoms with Gasteiger partial charge >= 0.3 is 68.2 Å². The summed E-state index contributed by atoms with van der Waals surface area (Å²) in [5.41, 5.74) is 0. The summed E-state index contributed by atoms with van der Waals surface area (Å²) in [6.45, 7) is 14.0. The Labute approximate surface area is 647 Å². The molecule has 0 atom stereocenters. The predicted molar refractivity (Wildman–Crippen MR) is 418 cm³/mol. The number of nitrogens with two attached hydrogens (primary N) is 2. The van der Waals surface area contributed by atoms with E-state index in [2.05, 4.69) is 266 Å². The zero-order valence-corrected chi connectivity index (χ0v) is 67.3. The molecule has 0 aliphatic carbocycles. The van der Waals surface area contributed by atoms with Crippen LogP contribution in [0.25, 0.3) is 11.7 Å². The summed E-state index contributed by atoms with van der Waals surface area (Å²) >= 11 is 0. The summed E-state index contributed by atoms with van der Waals surface area (Å²) in [7, 11) is -9.89. The van der Waals surface area contributed by atoms with Crippen LogP contribution in [0.4, 0.5) is 17.3 Å². The molecule has 11 nitrogen and oxygen atoms in total. The van der Waals surface area contributed by atoms with Gasteiger partial charge in [-0.05, 0) is 219 Å². The molecule has 0 radical (unpaired) electrons. The van der Waals surface area contributed by atoms with Gasteiger partial charge in [-0.2, -0.15) is 0 Å². The minimum absolute atomic E-state index is 0. The predicted octanol–water partition coefficient (Wildman–Crippen LogP) is 13.4. The molecule has 0 bridgehead atoms. The van der Waals surface area contributed by atoms with Gasteiger partial charge in [0, 0.05) is 104 Å². The van der Waals surface area contributed by atoms with Crippen molar-refractivity contribution in [2.75, 3.05) is 92.5 Å². The summed E-state index contributed by atoms with van der Waals surface area (Å²) in [4.78, 5) is 0. The first-order chi connectivity index (χ1) is 48.3. The van der Waals surface area contributed by atoms with E-state index in [9.17, 15) is 17.3 Å². The van der Waals surface area contributed by atoms with Gasteiger partial charge in [0.25, 0.3) is 0 Å². The van der Waals surface area contributed by atoms with Gasteiger partial charge in [-0.15, -0.1) is 0 Å². The van der Waals surface area contributed by atoms with Crippen LogP contribution >= 0.6 is 31.7 Å². The molecule has 0 amide bonds. The molecule has 8 aromatic rings. The van der Waals surface area contributed by atoms with Gasteiger partial charge < -0.3 is 73.8 Å². The fraction of sp³-hybridized carbons (Fsp3) is 0.359. The molecule has 7 aliphatic heterocycles. The van der Waals surface area contributed by atoms with E-state index < -0.39 is 38.9 Å². The Morgan fingerprint density at radius 1 is 0.228 bits per heavy atom. The molecule has 6 N–H and O–H groups in total. The molecule has 7 fully saturated rings. The molecule has 8 aromatic carbocycles. The van der Waals surface area contributed by atoms with E-state index in [-0.39, 0.29) is 61.0 Å². The minimum Gasteiger partial charge on any atom is -0.615 e. The van der Waals surface area contributed by atoms with Gasteiger partial charge in [0.2, 0.25) is 0 Å². The van der Waals surface area contributed by atoms with Gasteiger partial charge in [0.15, 0.2) is 0 Å². The third-order valence-corrected chi connectivity index (χ3v) is 27.3. The summed E-state index contributed by atoms with van der Waals surface area (Å²) in [6.07, 6.45) is 17.9. The molecule has 101 heavy (non-hydrogen) atoms. The molecular weight excluding hydrogens is 1710 g/mol. The number of benzene rings is 8. The van der Waals surface area contributed by atoms with Crippen molar-refractivity contribution in [3.63, 3.8) is 0 Å². The maximum absolute atomic E-state index is 9.75. The Hall–Kier alpha value is -3.20. The van der Waals surface area contributed by atoms with Gasteiger partial charge in [-0.3, -0.25) is 0 Å². The van der Waals surface area contributed by atoms with Crippen LogP contribution in [-0.2, 0) is 75.3 Å². The zero-order valence-electron chi connectivity index (χ0n) is 58.8. The van der Waals surface area contributed by atoms with Crippen molar-refractivity contribution >= 4 is 81.4 Å². The first-order valence-electron chi connectivity index (χ1n) is 34.4. The fourth-order valence-corrected chi connectivity index (χ4v) is 23.5. The van der Waals surface area contributed by atoms with Crippen molar-refractivity contribution in [3.05, 3.63) is 266 Å². The third kappa shape index (κ3) is 47.2. The monoisotopic (exact) mass is 1820 g/mol. The van der Waals surface area contributed by atoms with Gasteiger partial charge in [0.1, 0.15) is 0 Å².